The average Bonchev–Trinajstić information content (AvgIpc) is 3.19. The fourth-order valence-electron chi connectivity index (χ4n) is 3.11. The van der Waals surface area contributed by atoms with Crippen LogP contribution in [0.25, 0.3) is 16.9 Å². The van der Waals surface area contributed by atoms with Gasteiger partial charge in [0.15, 0.2) is 0 Å². The highest BCUT2D eigenvalue weighted by atomic mass is 35.5. The van der Waals surface area contributed by atoms with Crippen molar-refractivity contribution in [1.29, 1.82) is 0 Å². The van der Waals surface area contributed by atoms with E-state index in [0.717, 1.165) is 29.8 Å². The number of amides is 1. The molecule has 2 aromatic carbocycles. The molecule has 0 unspecified atom stereocenters. The summed E-state index contributed by atoms with van der Waals surface area (Å²) in [6, 6.07) is 16.7. The summed E-state index contributed by atoms with van der Waals surface area (Å²) >= 11 is 6.35. The first-order chi connectivity index (χ1) is 14.1. The van der Waals surface area contributed by atoms with E-state index in [-0.39, 0.29) is 5.91 Å². The summed E-state index contributed by atoms with van der Waals surface area (Å²) < 4.78 is 6.88. The van der Waals surface area contributed by atoms with Crippen LogP contribution in [0, 0.1) is 0 Å². The lowest BCUT2D eigenvalue weighted by atomic mass is 10.1. The first-order valence-electron chi connectivity index (χ1n) is 9.91. The number of nitrogens with zero attached hydrogens (tertiary/aromatic N) is 2. The molecule has 1 heterocycles. The lowest BCUT2D eigenvalue weighted by Crippen LogP contribution is -2.26. The summed E-state index contributed by atoms with van der Waals surface area (Å²) in [7, 11) is 1.62. The van der Waals surface area contributed by atoms with Crippen LogP contribution >= 0.6 is 11.6 Å². The van der Waals surface area contributed by atoms with Gasteiger partial charge in [0.05, 0.1) is 23.5 Å². The molecule has 1 aromatic heterocycles. The number of carbonyl (C=O) groups excluding carboxylic acids is 1. The van der Waals surface area contributed by atoms with Crippen LogP contribution in [0.4, 0.5) is 0 Å². The molecule has 0 saturated carbocycles. The van der Waals surface area contributed by atoms with Crippen LogP contribution in [0.2, 0.25) is 5.02 Å². The number of ether oxygens (including phenoxy) is 1. The highest BCUT2D eigenvalue weighted by molar-refractivity contribution is 6.33. The minimum Gasteiger partial charge on any atom is -0.497 e. The lowest BCUT2D eigenvalue weighted by molar-refractivity contribution is 0.0945. The van der Waals surface area contributed by atoms with Crippen molar-refractivity contribution in [3.8, 4) is 22.7 Å². The number of hydrogen-bond donors (Lipinski definition) is 1. The zero-order chi connectivity index (χ0) is 20.6. The van der Waals surface area contributed by atoms with Gasteiger partial charge in [-0.05, 0) is 42.8 Å². The summed E-state index contributed by atoms with van der Waals surface area (Å²) in [5, 5.41) is 8.28. The molecule has 0 spiro atoms. The van der Waals surface area contributed by atoms with Crippen LogP contribution in [0.5, 0.6) is 5.75 Å². The lowest BCUT2D eigenvalue weighted by Gasteiger charge is -2.09. The van der Waals surface area contributed by atoms with Gasteiger partial charge in [-0.15, -0.1) is 0 Å². The van der Waals surface area contributed by atoms with Gasteiger partial charge < -0.3 is 10.1 Å². The number of unbranched alkanes of at least 4 members (excludes halogenated alkanes) is 3. The molecule has 0 aliphatic carbocycles. The molecule has 6 heteroatoms. The third-order valence-electron chi connectivity index (χ3n) is 4.72. The summed E-state index contributed by atoms with van der Waals surface area (Å²) in [5.41, 5.74) is 2.70. The largest absolute Gasteiger partial charge is 0.497 e. The number of nitrogens with one attached hydrogen (secondary N) is 1. The van der Waals surface area contributed by atoms with Crippen LogP contribution in [-0.4, -0.2) is 29.3 Å². The predicted molar refractivity (Wildman–Crippen MR) is 117 cm³/mol. The van der Waals surface area contributed by atoms with Crippen LogP contribution in [-0.2, 0) is 0 Å². The second kappa shape index (κ2) is 10.1. The monoisotopic (exact) mass is 411 g/mol. The van der Waals surface area contributed by atoms with Gasteiger partial charge in [0, 0.05) is 12.1 Å². The minimum absolute atomic E-state index is 0.150. The standard InChI is InChI=1S/C23H26ClN3O2/c1-3-4-5-8-15-25-23(28)22-16-21(19-9-6-7-10-20(19)24)26-27(22)17-11-13-18(29-2)14-12-17/h6-7,9-14,16H,3-5,8,15H2,1-2H3,(H,25,28). The third kappa shape index (κ3) is 5.18. The van der Waals surface area contributed by atoms with E-state index in [9.17, 15) is 4.79 Å². The zero-order valence-electron chi connectivity index (χ0n) is 16.8. The Hall–Kier alpha value is -2.79. The van der Waals surface area contributed by atoms with Crippen LogP contribution in [0.3, 0.4) is 0 Å². The normalized spacial score (nSPS) is 10.7. The van der Waals surface area contributed by atoms with Crippen molar-refractivity contribution in [3.63, 3.8) is 0 Å². The molecule has 5 nitrogen and oxygen atoms in total. The zero-order valence-corrected chi connectivity index (χ0v) is 17.6. The Balaban J connectivity index is 1.91. The SMILES string of the molecule is CCCCCCNC(=O)c1cc(-c2ccccc2Cl)nn1-c1ccc(OC)cc1. The fraction of sp³-hybridized carbons (Fsp3) is 0.304. The van der Waals surface area contributed by atoms with Gasteiger partial charge in [0.2, 0.25) is 0 Å². The molecule has 0 atom stereocenters. The number of benzene rings is 2. The van der Waals surface area contributed by atoms with Crippen molar-refractivity contribution < 1.29 is 9.53 Å². The Labute approximate surface area is 176 Å². The molecule has 0 bridgehead atoms. The Bertz CT molecular complexity index is 951. The van der Waals surface area contributed by atoms with Crippen LogP contribution in [0.1, 0.15) is 43.1 Å². The minimum atomic E-state index is -0.150. The van der Waals surface area contributed by atoms with Crippen LogP contribution in [0.15, 0.2) is 54.6 Å². The molecule has 3 aromatic rings. The van der Waals surface area contributed by atoms with E-state index in [1.54, 1.807) is 17.9 Å². The van der Waals surface area contributed by atoms with Gasteiger partial charge in [0.1, 0.15) is 11.4 Å². The number of hydrogen-bond acceptors (Lipinski definition) is 3. The maximum absolute atomic E-state index is 12.9. The van der Waals surface area contributed by atoms with Crippen molar-refractivity contribution >= 4 is 17.5 Å². The molecule has 1 amide bonds. The van der Waals surface area contributed by atoms with E-state index in [0.29, 0.717) is 23.0 Å². The molecule has 0 aliphatic rings. The maximum Gasteiger partial charge on any atom is 0.270 e. The topological polar surface area (TPSA) is 56.2 Å². The first kappa shape index (κ1) is 20.9. The number of aromatic nitrogens is 2. The fourth-order valence-corrected chi connectivity index (χ4v) is 3.34. The molecule has 0 fully saturated rings. The van der Waals surface area contributed by atoms with Crippen molar-refractivity contribution in [2.24, 2.45) is 0 Å². The highest BCUT2D eigenvalue weighted by Gasteiger charge is 2.18. The smallest absolute Gasteiger partial charge is 0.270 e. The van der Waals surface area contributed by atoms with E-state index in [2.05, 4.69) is 17.3 Å². The van der Waals surface area contributed by atoms with E-state index in [4.69, 9.17) is 16.3 Å². The summed E-state index contributed by atoms with van der Waals surface area (Å²) in [5.74, 6) is 0.595. The highest BCUT2D eigenvalue weighted by Crippen LogP contribution is 2.28. The Morgan fingerprint density at radius 1 is 1.10 bits per heavy atom. The Kier molecular flexibility index (Phi) is 7.30. The van der Waals surface area contributed by atoms with E-state index < -0.39 is 0 Å². The summed E-state index contributed by atoms with van der Waals surface area (Å²) in [6.07, 6.45) is 4.42. The number of rotatable bonds is 9. The molecule has 0 saturated heterocycles. The van der Waals surface area contributed by atoms with Gasteiger partial charge in [0.25, 0.3) is 5.91 Å². The van der Waals surface area contributed by atoms with Gasteiger partial charge in [-0.2, -0.15) is 5.10 Å². The van der Waals surface area contributed by atoms with E-state index >= 15 is 0 Å². The molecule has 0 aliphatic heterocycles. The van der Waals surface area contributed by atoms with Gasteiger partial charge in [-0.25, -0.2) is 4.68 Å². The predicted octanol–water partition coefficient (Wildman–Crippen LogP) is 5.51. The average molecular weight is 412 g/mol. The van der Waals surface area contributed by atoms with Crippen molar-refractivity contribution in [3.05, 3.63) is 65.3 Å². The molecular weight excluding hydrogens is 386 g/mol. The molecule has 152 valence electrons. The maximum atomic E-state index is 12.9. The molecule has 1 N–H and O–H groups in total. The number of halogens is 1. The van der Waals surface area contributed by atoms with Gasteiger partial charge >= 0.3 is 0 Å². The molecular formula is C23H26ClN3O2. The van der Waals surface area contributed by atoms with Gasteiger partial charge in [-0.3, -0.25) is 4.79 Å². The Morgan fingerprint density at radius 3 is 2.55 bits per heavy atom. The summed E-state index contributed by atoms with van der Waals surface area (Å²) in [4.78, 5) is 12.9. The Morgan fingerprint density at radius 2 is 1.86 bits per heavy atom. The van der Waals surface area contributed by atoms with Crippen molar-refractivity contribution in [2.75, 3.05) is 13.7 Å². The first-order valence-corrected chi connectivity index (χ1v) is 10.3. The third-order valence-corrected chi connectivity index (χ3v) is 5.05. The second-order valence-electron chi connectivity index (χ2n) is 6.82. The second-order valence-corrected chi connectivity index (χ2v) is 7.23. The van der Waals surface area contributed by atoms with Crippen molar-refractivity contribution in [2.45, 2.75) is 32.6 Å². The molecule has 3 rings (SSSR count). The molecule has 0 radical (unpaired) electrons. The van der Waals surface area contributed by atoms with E-state index in [1.807, 2.05) is 48.5 Å². The van der Waals surface area contributed by atoms with E-state index in [1.165, 1.54) is 12.8 Å². The van der Waals surface area contributed by atoms with Crippen molar-refractivity contribution in [1.82, 2.24) is 15.1 Å². The van der Waals surface area contributed by atoms with Gasteiger partial charge in [-0.1, -0.05) is 56.0 Å². The number of methoxy groups -OCH3 is 1. The quantitative estimate of drug-likeness (QED) is 0.472. The number of carbonyl (C=O) groups is 1. The summed E-state index contributed by atoms with van der Waals surface area (Å²) in [6.45, 7) is 2.82. The van der Waals surface area contributed by atoms with Crippen LogP contribution < -0.4 is 10.1 Å². The molecule has 29 heavy (non-hydrogen) atoms.